The monoisotopic (exact) mass is 404 g/mol. The van der Waals surface area contributed by atoms with Gasteiger partial charge in [-0.2, -0.15) is 0 Å². The predicted octanol–water partition coefficient (Wildman–Crippen LogP) is 3.68. The lowest BCUT2D eigenvalue weighted by Gasteiger charge is -2.31. The van der Waals surface area contributed by atoms with Crippen LogP contribution in [0.5, 0.6) is 5.75 Å². The van der Waals surface area contributed by atoms with Gasteiger partial charge >= 0.3 is 0 Å². The van der Waals surface area contributed by atoms with Crippen LogP contribution in [0.3, 0.4) is 0 Å². The minimum absolute atomic E-state index is 0.0708. The molecular weight excluding hydrogens is 378 g/mol. The molecule has 5 nitrogen and oxygen atoms in total. The molecule has 0 aliphatic rings. The lowest BCUT2D eigenvalue weighted by Crippen LogP contribution is -2.53. The molecular formula is C22H26F2N2O3. The molecule has 29 heavy (non-hydrogen) atoms. The lowest BCUT2D eigenvalue weighted by molar-refractivity contribution is -0.142. The molecule has 7 heteroatoms. The number of nitrogens with zero attached hydrogens (tertiary/aromatic N) is 1. The molecule has 0 saturated heterocycles. The molecule has 0 bridgehead atoms. The summed E-state index contributed by atoms with van der Waals surface area (Å²) in [5.41, 5.74) is -0.232. The maximum atomic E-state index is 14.1. The molecule has 0 heterocycles. The van der Waals surface area contributed by atoms with Crippen LogP contribution in [0, 0.1) is 11.6 Å². The van der Waals surface area contributed by atoms with Crippen molar-refractivity contribution in [3.8, 4) is 5.75 Å². The highest BCUT2D eigenvalue weighted by Gasteiger charge is 2.29. The standard InChI is InChI=1S/C22H26F2N2O3/c1-15(21(28)25-22(2,3)4)26(13-16-9-5-6-10-17(16)23)20(27)14-29-19-12-8-7-11-18(19)24/h5-12,15H,13-14H2,1-4H3,(H,25,28)/t15-/m0/s1. The molecule has 0 aliphatic carbocycles. The van der Waals surface area contributed by atoms with Crippen molar-refractivity contribution in [2.75, 3.05) is 6.61 Å². The summed E-state index contributed by atoms with van der Waals surface area (Å²) in [5, 5.41) is 2.81. The first kappa shape index (κ1) is 22.3. The molecule has 1 N–H and O–H groups in total. The Hall–Kier alpha value is -2.96. The highest BCUT2D eigenvalue weighted by molar-refractivity contribution is 5.88. The maximum absolute atomic E-state index is 14.1. The van der Waals surface area contributed by atoms with Crippen LogP contribution < -0.4 is 10.1 Å². The van der Waals surface area contributed by atoms with Crippen molar-refractivity contribution in [2.24, 2.45) is 0 Å². The van der Waals surface area contributed by atoms with E-state index in [9.17, 15) is 18.4 Å². The second kappa shape index (κ2) is 9.49. The number of hydrogen-bond acceptors (Lipinski definition) is 3. The van der Waals surface area contributed by atoms with E-state index in [0.717, 1.165) is 0 Å². The van der Waals surface area contributed by atoms with Gasteiger partial charge in [0.15, 0.2) is 18.2 Å². The number of carbonyl (C=O) groups is 2. The van der Waals surface area contributed by atoms with Gasteiger partial charge < -0.3 is 15.0 Å². The van der Waals surface area contributed by atoms with Crippen LogP contribution in [0.4, 0.5) is 8.78 Å². The van der Waals surface area contributed by atoms with Gasteiger partial charge in [-0.15, -0.1) is 0 Å². The summed E-state index contributed by atoms with van der Waals surface area (Å²) in [6.45, 7) is 6.42. The fraction of sp³-hybridized carbons (Fsp3) is 0.364. The molecule has 0 radical (unpaired) electrons. The summed E-state index contributed by atoms with van der Waals surface area (Å²) in [6, 6.07) is 10.8. The van der Waals surface area contributed by atoms with E-state index in [-0.39, 0.29) is 23.8 Å². The minimum atomic E-state index is -0.884. The van der Waals surface area contributed by atoms with Crippen LogP contribution in [0.25, 0.3) is 0 Å². The largest absolute Gasteiger partial charge is 0.481 e. The van der Waals surface area contributed by atoms with Crippen LogP contribution >= 0.6 is 0 Å². The second-order valence-corrected chi connectivity index (χ2v) is 7.75. The molecule has 0 aromatic heterocycles. The van der Waals surface area contributed by atoms with Gasteiger partial charge in [0.05, 0.1) is 0 Å². The molecule has 0 saturated carbocycles. The van der Waals surface area contributed by atoms with Gasteiger partial charge in [0.2, 0.25) is 5.91 Å². The average Bonchev–Trinajstić information content (AvgIpc) is 2.64. The molecule has 0 spiro atoms. The summed E-state index contributed by atoms with van der Waals surface area (Å²) in [4.78, 5) is 26.7. The van der Waals surface area contributed by atoms with Crippen LogP contribution in [0.15, 0.2) is 48.5 Å². The van der Waals surface area contributed by atoms with E-state index in [1.807, 2.05) is 20.8 Å². The van der Waals surface area contributed by atoms with Crippen LogP contribution in [-0.2, 0) is 16.1 Å². The van der Waals surface area contributed by atoms with Crippen molar-refractivity contribution >= 4 is 11.8 Å². The Labute approximate surface area is 169 Å². The molecule has 156 valence electrons. The summed E-state index contributed by atoms with van der Waals surface area (Å²) < 4.78 is 33.2. The van der Waals surface area contributed by atoms with Crippen molar-refractivity contribution in [1.82, 2.24) is 10.2 Å². The minimum Gasteiger partial charge on any atom is -0.481 e. The fourth-order valence-electron chi connectivity index (χ4n) is 2.65. The molecule has 0 fully saturated rings. The van der Waals surface area contributed by atoms with E-state index in [2.05, 4.69) is 5.32 Å². The van der Waals surface area contributed by atoms with Gasteiger partial charge in [0.1, 0.15) is 11.9 Å². The summed E-state index contributed by atoms with van der Waals surface area (Å²) in [7, 11) is 0. The Balaban J connectivity index is 2.20. The first-order valence-corrected chi connectivity index (χ1v) is 9.30. The molecule has 1 atom stereocenters. The third-order valence-electron chi connectivity index (χ3n) is 4.15. The van der Waals surface area contributed by atoms with Gasteiger partial charge in [-0.3, -0.25) is 9.59 Å². The fourth-order valence-corrected chi connectivity index (χ4v) is 2.65. The van der Waals surface area contributed by atoms with E-state index < -0.39 is 35.7 Å². The van der Waals surface area contributed by atoms with Gasteiger partial charge in [0.25, 0.3) is 5.91 Å². The summed E-state index contributed by atoms with van der Waals surface area (Å²) in [6.07, 6.45) is 0. The van der Waals surface area contributed by atoms with Crippen molar-refractivity contribution in [3.63, 3.8) is 0 Å². The zero-order chi connectivity index (χ0) is 21.6. The van der Waals surface area contributed by atoms with Gasteiger partial charge in [-0.05, 0) is 45.9 Å². The first-order valence-electron chi connectivity index (χ1n) is 9.30. The average molecular weight is 404 g/mol. The van der Waals surface area contributed by atoms with Crippen LogP contribution in [-0.4, -0.2) is 34.9 Å². The number of nitrogens with one attached hydrogen (secondary N) is 1. The smallest absolute Gasteiger partial charge is 0.261 e. The number of ether oxygens (including phenoxy) is 1. The van der Waals surface area contributed by atoms with E-state index in [1.54, 1.807) is 31.2 Å². The summed E-state index contributed by atoms with van der Waals surface area (Å²) in [5.74, 6) is -2.09. The quantitative estimate of drug-likeness (QED) is 0.766. The topological polar surface area (TPSA) is 58.6 Å². The van der Waals surface area contributed by atoms with Gasteiger partial charge in [-0.25, -0.2) is 8.78 Å². The SMILES string of the molecule is C[C@@H](C(=O)NC(C)(C)C)N(Cc1ccccc1F)C(=O)COc1ccccc1F. The lowest BCUT2D eigenvalue weighted by atomic mass is 10.1. The highest BCUT2D eigenvalue weighted by Crippen LogP contribution is 2.17. The van der Waals surface area contributed by atoms with E-state index >= 15 is 0 Å². The number of hydrogen-bond donors (Lipinski definition) is 1. The Morgan fingerprint density at radius 1 is 1.03 bits per heavy atom. The van der Waals surface area contributed by atoms with E-state index in [0.29, 0.717) is 0 Å². The molecule has 2 aromatic carbocycles. The van der Waals surface area contributed by atoms with Crippen molar-refractivity contribution in [2.45, 2.75) is 45.8 Å². The van der Waals surface area contributed by atoms with Crippen LogP contribution in [0.1, 0.15) is 33.3 Å². The van der Waals surface area contributed by atoms with Crippen molar-refractivity contribution < 1.29 is 23.1 Å². The Morgan fingerprint density at radius 2 is 1.62 bits per heavy atom. The Morgan fingerprint density at radius 3 is 2.21 bits per heavy atom. The molecule has 2 amide bonds. The second-order valence-electron chi connectivity index (χ2n) is 7.75. The number of rotatable bonds is 7. The van der Waals surface area contributed by atoms with Crippen molar-refractivity contribution in [3.05, 3.63) is 65.7 Å². The molecule has 2 aromatic rings. The number of benzene rings is 2. The molecule has 2 rings (SSSR count). The summed E-state index contributed by atoms with van der Waals surface area (Å²) >= 11 is 0. The van der Waals surface area contributed by atoms with Gasteiger partial charge in [-0.1, -0.05) is 30.3 Å². The normalized spacial score (nSPS) is 12.2. The Kier molecular flexibility index (Phi) is 7.31. The number of amides is 2. The predicted molar refractivity (Wildman–Crippen MR) is 106 cm³/mol. The first-order chi connectivity index (χ1) is 13.6. The highest BCUT2D eigenvalue weighted by atomic mass is 19.1. The van der Waals surface area contributed by atoms with Crippen molar-refractivity contribution in [1.29, 1.82) is 0 Å². The number of carbonyl (C=O) groups excluding carboxylic acids is 2. The number of para-hydroxylation sites is 1. The number of halogens is 2. The maximum Gasteiger partial charge on any atom is 0.261 e. The third kappa shape index (κ3) is 6.55. The molecule has 0 unspecified atom stereocenters. The van der Waals surface area contributed by atoms with Crippen LogP contribution in [0.2, 0.25) is 0 Å². The van der Waals surface area contributed by atoms with E-state index in [4.69, 9.17) is 4.74 Å². The van der Waals surface area contributed by atoms with Gasteiger partial charge in [0, 0.05) is 17.6 Å². The Bertz CT molecular complexity index is 865. The zero-order valence-corrected chi connectivity index (χ0v) is 17.0. The zero-order valence-electron chi connectivity index (χ0n) is 17.0. The van der Waals surface area contributed by atoms with E-state index in [1.165, 1.54) is 29.2 Å². The molecule has 0 aliphatic heterocycles. The third-order valence-corrected chi connectivity index (χ3v) is 4.15.